The van der Waals surface area contributed by atoms with Gasteiger partial charge in [0.2, 0.25) is 11.6 Å². The minimum atomic E-state index is -0.271. The van der Waals surface area contributed by atoms with Crippen molar-refractivity contribution in [2.45, 2.75) is 50.5 Å². The van der Waals surface area contributed by atoms with Crippen molar-refractivity contribution in [2.24, 2.45) is 21.7 Å². The van der Waals surface area contributed by atoms with E-state index in [4.69, 9.17) is 15.6 Å². The lowest BCUT2D eigenvalue weighted by atomic mass is 9.90. The molecule has 2 amide bonds. The molecule has 1 aromatic heterocycles. The maximum atomic E-state index is 13.1. The molecule has 40 heavy (non-hydrogen) atoms. The number of rotatable bonds is 6. The number of nitrogens with two attached hydrogens (primary N) is 1. The van der Waals surface area contributed by atoms with E-state index < -0.39 is 0 Å². The second-order valence-corrected chi connectivity index (χ2v) is 11.2. The molecule has 10 nitrogen and oxygen atoms in total. The van der Waals surface area contributed by atoms with Gasteiger partial charge in [-0.15, -0.1) is 4.59 Å². The Hall–Kier alpha value is -4.15. The molecular weight excluding hydrogens is 506 g/mol. The summed E-state index contributed by atoms with van der Waals surface area (Å²) >= 11 is 0. The third-order valence-electron chi connectivity index (χ3n) is 8.71. The number of amidine groups is 1. The predicted octanol–water partition coefficient (Wildman–Crippen LogP) is 3.84. The first-order chi connectivity index (χ1) is 19.4. The number of amides is 2. The Labute approximate surface area is 232 Å². The van der Waals surface area contributed by atoms with Gasteiger partial charge in [0.15, 0.2) is 0 Å². The molecule has 1 aromatic carbocycles. The number of pyridine rings is 1. The van der Waals surface area contributed by atoms with Crippen LogP contribution < -0.4 is 15.9 Å². The number of ether oxygens (including phenoxy) is 1. The van der Waals surface area contributed by atoms with Crippen molar-refractivity contribution in [3.05, 3.63) is 77.0 Å². The minimum Gasteiger partial charge on any atom is -0.496 e. The molecular formula is C30H32N7O3+. The molecule has 2 saturated heterocycles. The summed E-state index contributed by atoms with van der Waals surface area (Å²) < 4.78 is 5.62. The standard InChI is InChI=1S/C30H31N7O3/c1-40-25-14-20(30(39)34-26-15-19(10-11-33-26)18-2-3-18)5-8-23(25)29-35-28(24-16-32-12-13-37(24,29)31)21-4-6-22-7-9-27(38)36(22)17-21/h5,8,10-16,18,21-22H,2-4,6-7,9,17,31H2,1H3/p+1/t21-,22+,37?/m1/s1. The van der Waals surface area contributed by atoms with Crippen LogP contribution in [0.25, 0.3) is 0 Å². The number of allylic oxidation sites excluding steroid dienone is 1. The maximum absolute atomic E-state index is 13.1. The summed E-state index contributed by atoms with van der Waals surface area (Å²) in [4.78, 5) is 41.4. The fourth-order valence-electron chi connectivity index (χ4n) is 6.37. The van der Waals surface area contributed by atoms with Crippen molar-refractivity contribution in [2.75, 3.05) is 19.0 Å². The number of hydrogen-bond donors (Lipinski definition) is 2. The van der Waals surface area contributed by atoms with Crippen LogP contribution >= 0.6 is 0 Å². The van der Waals surface area contributed by atoms with Crippen molar-refractivity contribution >= 4 is 29.7 Å². The van der Waals surface area contributed by atoms with Gasteiger partial charge in [0.25, 0.3) is 11.7 Å². The number of fused-ring (bicyclic) bond motifs is 2. The molecule has 2 aromatic rings. The number of nitrogens with zero attached hydrogens (tertiary/aromatic N) is 5. The lowest BCUT2D eigenvalue weighted by Crippen LogP contribution is -2.53. The highest BCUT2D eigenvalue weighted by atomic mass is 16.5. The zero-order valence-electron chi connectivity index (χ0n) is 22.4. The molecule has 1 aliphatic carbocycles. The largest absolute Gasteiger partial charge is 0.496 e. The normalized spacial score (nSPS) is 27.0. The Morgan fingerprint density at radius 2 is 1.98 bits per heavy atom. The number of carbonyl (C=O) groups excluding carboxylic acids is 2. The quantitative estimate of drug-likeness (QED) is 0.428. The molecule has 4 aliphatic heterocycles. The van der Waals surface area contributed by atoms with E-state index in [0.717, 1.165) is 30.7 Å². The number of quaternary nitrogens is 1. The Kier molecular flexibility index (Phi) is 5.90. The first kappa shape index (κ1) is 24.9. The molecule has 3 atom stereocenters. The molecule has 3 N–H and O–H groups in total. The highest BCUT2D eigenvalue weighted by Crippen LogP contribution is 2.42. The fourth-order valence-corrected chi connectivity index (χ4v) is 6.37. The van der Waals surface area contributed by atoms with Crippen LogP contribution in [0.4, 0.5) is 5.82 Å². The van der Waals surface area contributed by atoms with Crippen molar-refractivity contribution in [1.29, 1.82) is 0 Å². The molecule has 0 spiro atoms. The highest BCUT2D eigenvalue weighted by Gasteiger charge is 2.48. The van der Waals surface area contributed by atoms with Crippen LogP contribution in [0.5, 0.6) is 5.75 Å². The number of aromatic nitrogens is 1. The van der Waals surface area contributed by atoms with Crippen LogP contribution in [-0.4, -0.2) is 58.0 Å². The average molecular weight is 539 g/mol. The number of methoxy groups -OCH3 is 1. The number of anilines is 1. The first-order valence-electron chi connectivity index (χ1n) is 13.9. The minimum absolute atomic E-state index is 0.0692. The number of piperidine rings is 1. The molecule has 1 unspecified atom stereocenters. The number of aliphatic imine (C=N–C) groups is 2. The van der Waals surface area contributed by atoms with Crippen LogP contribution in [0, 0.1) is 5.92 Å². The molecule has 5 aliphatic rings. The summed E-state index contributed by atoms with van der Waals surface area (Å²) in [5.41, 5.74) is 3.98. The molecule has 7 rings (SSSR count). The Balaban J connectivity index is 1.19. The fraction of sp³-hybridized carbons (Fsp3) is 0.367. The smallest absolute Gasteiger partial charge is 0.268 e. The Bertz CT molecular complexity index is 1540. The maximum Gasteiger partial charge on any atom is 0.268 e. The van der Waals surface area contributed by atoms with Gasteiger partial charge in [-0.1, -0.05) is 0 Å². The van der Waals surface area contributed by atoms with Crippen LogP contribution in [0.1, 0.15) is 65.9 Å². The number of carbonyl (C=O) groups is 2. The first-order valence-corrected chi connectivity index (χ1v) is 13.9. The van der Waals surface area contributed by atoms with E-state index in [9.17, 15) is 9.59 Å². The zero-order chi connectivity index (χ0) is 27.4. The van der Waals surface area contributed by atoms with Crippen LogP contribution in [-0.2, 0) is 4.79 Å². The molecule has 3 fully saturated rings. The third kappa shape index (κ3) is 4.15. The van der Waals surface area contributed by atoms with Crippen LogP contribution in [0.3, 0.4) is 0 Å². The van der Waals surface area contributed by atoms with Gasteiger partial charge in [-0.2, -0.15) is 10.8 Å². The predicted molar refractivity (Wildman–Crippen MR) is 150 cm³/mol. The molecule has 0 bridgehead atoms. The second kappa shape index (κ2) is 9.50. The molecule has 204 valence electrons. The molecule has 10 heteroatoms. The monoisotopic (exact) mass is 538 g/mol. The van der Waals surface area contributed by atoms with Gasteiger partial charge >= 0.3 is 0 Å². The van der Waals surface area contributed by atoms with Crippen molar-refractivity contribution < 1.29 is 18.9 Å². The summed E-state index contributed by atoms with van der Waals surface area (Å²) in [6, 6.07) is 9.57. The summed E-state index contributed by atoms with van der Waals surface area (Å²) in [6.07, 6.45) is 12.8. The van der Waals surface area contributed by atoms with Crippen LogP contribution in [0.2, 0.25) is 0 Å². The van der Waals surface area contributed by atoms with Gasteiger partial charge in [-0.05, 0) is 73.9 Å². The van der Waals surface area contributed by atoms with Crippen molar-refractivity contribution in [1.82, 2.24) is 9.88 Å². The van der Waals surface area contributed by atoms with E-state index in [1.807, 2.05) is 23.1 Å². The number of benzene rings is 1. The SMILES string of the molecule is COc1cc(C(=O)Nc2cc(C3CC3)ccn2)ccc1C1=NC([C@@H]2CC[C@H]3CCC(=O)N3C2)=C2C=NC=C[N+]12N. The van der Waals surface area contributed by atoms with Crippen molar-refractivity contribution in [3.63, 3.8) is 0 Å². The van der Waals surface area contributed by atoms with Gasteiger partial charge in [-0.3, -0.25) is 14.6 Å². The van der Waals surface area contributed by atoms with E-state index in [-0.39, 0.29) is 22.3 Å². The zero-order valence-corrected chi connectivity index (χ0v) is 22.4. The number of hydrogen-bond acceptors (Lipinski definition) is 7. The molecule has 0 radical (unpaired) electrons. The topological polar surface area (TPSA) is 122 Å². The Morgan fingerprint density at radius 1 is 1.12 bits per heavy atom. The van der Waals surface area contributed by atoms with Crippen LogP contribution in [0.15, 0.2) is 70.3 Å². The average Bonchev–Trinajstić information content (AvgIpc) is 3.70. The lowest BCUT2D eigenvalue weighted by molar-refractivity contribution is -0.750. The lowest BCUT2D eigenvalue weighted by Gasteiger charge is -2.35. The van der Waals surface area contributed by atoms with Gasteiger partial charge in [-0.25, -0.2) is 4.98 Å². The van der Waals surface area contributed by atoms with Gasteiger partial charge in [0, 0.05) is 36.7 Å². The van der Waals surface area contributed by atoms with E-state index in [0.29, 0.717) is 53.5 Å². The Morgan fingerprint density at radius 3 is 2.80 bits per heavy atom. The van der Waals surface area contributed by atoms with E-state index in [1.165, 1.54) is 18.4 Å². The van der Waals surface area contributed by atoms with E-state index in [2.05, 4.69) is 15.3 Å². The summed E-state index contributed by atoms with van der Waals surface area (Å²) in [5, 5.41) is 2.91. The van der Waals surface area contributed by atoms with Gasteiger partial charge in [0.05, 0.1) is 19.5 Å². The summed E-state index contributed by atoms with van der Waals surface area (Å²) in [6.45, 7) is 0.642. The van der Waals surface area contributed by atoms with E-state index >= 15 is 0 Å². The molecule has 5 heterocycles. The second-order valence-electron chi connectivity index (χ2n) is 11.2. The highest BCUT2D eigenvalue weighted by molar-refractivity contribution is 6.07. The summed E-state index contributed by atoms with van der Waals surface area (Å²) in [5.74, 6) is 9.19. The molecule has 1 saturated carbocycles. The van der Waals surface area contributed by atoms with Crippen molar-refractivity contribution in [3.8, 4) is 5.75 Å². The van der Waals surface area contributed by atoms with Gasteiger partial charge < -0.3 is 15.0 Å². The van der Waals surface area contributed by atoms with E-state index in [1.54, 1.807) is 44.1 Å². The van der Waals surface area contributed by atoms with Gasteiger partial charge in [0.1, 0.15) is 29.0 Å². The summed E-state index contributed by atoms with van der Waals surface area (Å²) in [7, 11) is 1.57. The number of nitrogens with one attached hydrogen (secondary N) is 1. The third-order valence-corrected chi connectivity index (χ3v) is 8.71.